The highest BCUT2D eigenvalue weighted by molar-refractivity contribution is 5.77. The van der Waals surface area contributed by atoms with Crippen molar-refractivity contribution < 1.29 is 9.53 Å². The molecular formula is C13H27N3O2. The zero-order valence-corrected chi connectivity index (χ0v) is 11.7. The number of carbonyl (C=O) groups excluding carboxylic acids is 1. The second kappa shape index (κ2) is 12.2. The van der Waals surface area contributed by atoms with Crippen LogP contribution in [0.2, 0.25) is 0 Å². The molecule has 106 valence electrons. The third-order valence-electron chi connectivity index (χ3n) is 2.46. The minimum absolute atomic E-state index is 0.168. The SMILES string of the molecule is CCCCCCNC(N)=NCCCC(=O)OCC. The van der Waals surface area contributed by atoms with Crippen LogP contribution in [-0.4, -0.2) is 31.6 Å². The van der Waals surface area contributed by atoms with E-state index in [0.29, 0.717) is 32.0 Å². The highest BCUT2D eigenvalue weighted by atomic mass is 16.5. The van der Waals surface area contributed by atoms with Crippen molar-refractivity contribution in [3.63, 3.8) is 0 Å². The summed E-state index contributed by atoms with van der Waals surface area (Å²) in [4.78, 5) is 15.2. The fourth-order valence-corrected chi connectivity index (χ4v) is 1.48. The Morgan fingerprint density at radius 3 is 2.67 bits per heavy atom. The molecule has 3 N–H and O–H groups in total. The van der Waals surface area contributed by atoms with E-state index in [9.17, 15) is 4.79 Å². The van der Waals surface area contributed by atoms with Crippen LogP contribution in [0, 0.1) is 0 Å². The first-order valence-electron chi connectivity index (χ1n) is 6.90. The Balaban J connectivity index is 3.44. The molecule has 0 saturated carbocycles. The lowest BCUT2D eigenvalue weighted by molar-refractivity contribution is -0.143. The van der Waals surface area contributed by atoms with E-state index in [-0.39, 0.29) is 5.97 Å². The molecule has 0 radical (unpaired) electrons. The minimum Gasteiger partial charge on any atom is -0.466 e. The lowest BCUT2D eigenvalue weighted by atomic mass is 10.2. The average molecular weight is 257 g/mol. The van der Waals surface area contributed by atoms with Gasteiger partial charge in [-0.1, -0.05) is 26.2 Å². The minimum atomic E-state index is -0.168. The van der Waals surface area contributed by atoms with Crippen LogP contribution >= 0.6 is 0 Å². The van der Waals surface area contributed by atoms with Gasteiger partial charge in [0.1, 0.15) is 0 Å². The van der Waals surface area contributed by atoms with E-state index < -0.39 is 0 Å². The zero-order valence-electron chi connectivity index (χ0n) is 11.7. The van der Waals surface area contributed by atoms with Crippen molar-refractivity contribution in [1.29, 1.82) is 0 Å². The number of ether oxygens (including phenoxy) is 1. The molecule has 0 aromatic rings. The molecule has 5 heteroatoms. The summed E-state index contributed by atoms with van der Waals surface area (Å²) in [7, 11) is 0. The predicted molar refractivity (Wildman–Crippen MR) is 74.5 cm³/mol. The molecule has 5 nitrogen and oxygen atoms in total. The van der Waals surface area contributed by atoms with Crippen molar-refractivity contribution in [1.82, 2.24) is 5.32 Å². The molecule has 0 atom stereocenters. The fourth-order valence-electron chi connectivity index (χ4n) is 1.48. The van der Waals surface area contributed by atoms with Gasteiger partial charge in [0, 0.05) is 19.5 Å². The summed E-state index contributed by atoms with van der Waals surface area (Å²) >= 11 is 0. The van der Waals surface area contributed by atoms with Crippen molar-refractivity contribution in [2.45, 2.75) is 52.4 Å². The van der Waals surface area contributed by atoms with E-state index in [4.69, 9.17) is 10.5 Å². The monoisotopic (exact) mass is 257 g/mol. The van der Waals surface area contributed by atoms with Gasteiger partial charge in [-0.2, -0.15) is 0 Å². The van der Waals surface area contributed by atoms with Crippen LogP contribution in [0.5, 0.6) is 0 Å². The molecule has 0 aliphatic heterocycles. The number of rotatable bonds is 10. The highest BCUT2D eigenvalue weighted by Crippen LogP contribution is 1.97. The molecule has 0 fully saturated rings. The fraction of sp³-hybridized carbons (Fsp3) is 0.846. The summed E-state index contributed by atoms with van der Waals surface area (Å²) < 4.78 is 4.82. The van der Waals surface area contributed by atoms with Gasteiger partial charge in [0.05, 0.1) is 6.61 Å². The standard InChI is InChI=1S/C13H27N3O2/c1-3-5-6-7-10-15-13(14)16-11-8-9-12(17)18-4-2/h3-11H2,1-2H3,(H3,14,15,16). The smallest absolute Gasteiger partial charge is 0.305 e. The summed E-state index contributed by atoms with van der Waals surface area (Å²) in [6.45, 7) is 5.85. The lowest BCUT2D eigenvalue weighted by Crippen LogP contribution is -2.32. The molecule has 0 spiro atoms. The number of nitrogens with one attached hydrogen (secondary N) is 1. The van der Waals surface area contributed by atoms with Crippen molar-refractivity contribution in [2.24, 2.45) is 10.7 Å². The quantitative estimate of drug-likeness (QED) is 0.271. The Hall–Kier alpha value is -1.26. The summed E-state index contributed by atoms with van der Waals surface area (Å²) in [5, 5.41) is 3.07. The van der Waals surface area contributed by atoms with Crippen molar-refractivity contribution in [2.75, 3.05) is 19.7 Å². The van der Waals surface area contributed by atoms with Crippen LogP contribution in [0.25, 0.3) is 0 Å². The van der Waals surface area contributed by atoms with Crippen LogP contribution in [0.4, 0.5) is 0 Å². The summed E-state index contributed by atoms with van der Waals surface area (Å²) in [5.41, 5.74) is 5.69. The first kappa shape index (κ1) is 16.7. The third kappa shape index (κ3) is 11.2. The number of unbranched alkanes of at least 4 members (excludes halogenated alkanes) is 3. The van der Waals surface area contributed by atoms with E-state index in [1.165, 1.54) is 19.3 Å². The Kier molecular flexibility index (Phi) is 11.3. The second-order valence-corrected chi connectivity index (χ2v) is 4.16. The average Bonchev–Trinajstić information content (AvgIpc) is 2.35. The van der Waals surface area contributed by atoms with E-state index in [2.05, 4.69) is 17.2 Å². The Bertz CT molecular complexity index is 242. The Morgan fingerprint density at radius 1 is 1.22 bits per heavy atom. The van der Waals surface area contributed by atoms with Crippen LogP contribution in [0.1, 0.15) is 52.4 Å². The Morgan fingerprint density at radius 2 is 2.00 bits per heavy atom. The first-order valence-corrected chi connectivity index (χ1v) is 6.90. The number of nitrogens with zero attached hydrogens (tertiary/aromatic N) is 1. The maximum atomic E-state index is 11.0. The molecule has 0 heterocycles. The summed E-state index contributed by atoms with van der Waals surface area (Å²) in [6.07, 6.45) is 5.92. The maximum Gasteiger partial charge on any atom is 0.305 e. The highest BCUT2D eigenvalue weighted by Gasteiger charge is 2.00. The van der Waals surface area contributed by atoms with Gasteiger partial charge >= 0.3 is 5.97 Å². The van der Waals surface area contributed by atoms with Crippen LogP contribution in [-0.2, 0) is 9.53 Å². The zero-order chi connectivity index (χ0) is 13.6. The molecule has 0 rings (SSSR count). The molecule has 0 unspecified atom stereocenters. The molecular weight excluding hydrogens is 230 g/mol. The largest absolute Gasteiger partial charge is 0.466 e. The molecule has 0 bridgehead atoms. The van der Waals surface area contributed by atoms with Gasteiger partial charge in [0.15, 0.2) is 5.96 Å². The van der Waals surface area contributed by atoms with Crippen molar-refractivity contribution >= 4 is 11.9 Å². The lowest BCUT2D eigenvalue weighted by Gasteiger charge is -2.05. The normalized spacial score (nSPS) is 11.3. The first-order chi connectivity index (χ1) is 8.70. The predicted octanol–water partition coefficient (Wildman–Crippen LogP) is 1.81. The van der Waals surface area contributed by atoms with Crippen molar-refractivity contribution in [3.05, 3.63) is 0 Å². The van der Waals surface area contributed by atoms with E-state index in [1.807, 2.05) is 0 Å². The number of nitrogens with two attached hydrogens (primary N) is 1. The van der Waals surface area contributed by atoms with Gasteiger partial charge in [-0.25, -0.2) is 0 Å². The molecule has 0 aromatic heterocycles. The molecule has 0 aliphatic rings. The maximum absolute atomic E-state index is 11.0. The van der Waals surface area contributed by atoms with E-state index >= 15 is 0 Å². The van der Waals surface area contributed by atoms with Gasteiger partial charge < -0.3 is 15.8 Å². The van der Waals surface area contributed by atoms with Crippen LogP contribution in [0.15, 0.2) is 4.99 Å². The van der Waals surface area contributed by atoms with Crippen molar-refractivity contribution in [3.8, 4) is 0 Å². The number of guanidine groups is 1. The molecule has 18 heavy (non-hydrogen) atoms. The van der Waals surface area contributed by atoms with Gasteiger partial charge in [0.2, 0.25) is 0 Å². The van der Waals surface area contributed by atoms with Gasteiger partial charge in [-0.15, -0.1) is 0 Å². The number of aliphatic imine (C=N–C) groups is 1. The molecule has 0 amide bonds. The van der Waals surface area contributed by atoms with E-state index in [1.54, 1.807) is 6.92 Å². The van der Waals surface area contributed by atoms with E-state index in [0.717, 1.165) is 13.0 Å². The number of hydrogen-bond acceptors (Lipinski definition) is 3. The number of hydrogen-bond donors (Lipinski definition) is 2. The third-order valence-corrected chi connectivity index (χ3v) is 2.46. The second-order valence-electron chi connectivity index (χ2n) is 4.16. The van der Waals surface area contributed by atoms with Gasteiger partial charge in [0.25, 0.3) is 0 Å². The molecule has 0 aliphatic carbocycles. The molecule has 0 saturated heterocycles. The molecule has 0 aromatic carbocycles. The topological polar surface area (TPSA) is 76.7 Å². The summed E-state index contributed by atoms with van der Waals surface area (Å²) in [5.74, 6) is 0.300. The Labute approximate surface area is 110 Å². The number of esters is 1. The summed E-state index contributed by atoms with van der Waals surface area (Å²) in [6, 6.07) is 0. The van der Waals surface area contributed by atoms with Crippen LogP contribution in [0.3, 0.4) is 0 Å². The number of carbonyl (C=O) groups is 1. The van der Waals surface area contributed by atoms with Gasteiger partial charge in [-0.3, -0.25) is 9.79 Å². The van der Waals surface area contributed by atoms with Crippen LogP contribution < -0.4 is 11.1 Å². The van der Waals surface area contributed by atoms with Gasteiger partial charge in [-0.05, 0) is 19.8 Å².